The van der Waals surface area contributed by atoms with E-state index in [2.05, 4.69) is 19.2 Å². The lowest BCUT2D eigenvalue weighted by molar-refractivity contribution is -0.123. The van der Waals surface area contributed by atoms with Crippen LogP contribution in [0.5, 0.6) is 5.75 Å². The Hall–Kier alpha value is -1.55. The number of rotatable bonds is 11. The van der Waals surface area contributed by atoms with E-state index in [1.54, 1.807) is 0 Å². The highest BCUT2D eigenvalue weighted by molar-refractivity contribution is 5.77. The molecular formula is C17H27NO3. The van der Waals surface area contributed by atoms with Crippen molar-refractivity contribution in [3.63, 3.8) is 0 Å². The smallest absolute Gasteiger partial charge is 0.257 e. The van der Waals surface area contributed by atoms with Crippen LogP contribution in [0.3, 0.4) is 0 Å². The van der Waals surface area contributed by atoms with Gasteiger partial charge in [0.1, 0.15) is 5.75 Å². The summed E-state index contributed by atoms with van der Waals surface area (Å²) in [5, 5.41) is 2.82. The van der Waals surface area contributed by atoms with Gasteiger partial charge in [-0.1, -0.05) is 32.4 Å². The van der Waals surface area contributed by atoms with E-state index in [9.17, 15) is 4.79 Å². The van der Waals surface area contributed by atoms with Crippen molar-refractivity contribution in [3.05, 3.63) is 29.8 Å². The first-order chi connectivity index (χ1) is 10.3. The molecule has 0 atom stereocenters. The Bertz CT molecular complexity index is 390. The molecule has 0 aliphatic carbocycles. The number of amides is 1. The van der Waals surface area contributed by atoms with Crippen LogP contribution >= 0.6 is 0 Å². The molecule has 0 spiro atoms. The number of carbonyl (C=O) groups is 1. The predicted molar refractivity (Wildman–Crippen MR) is 84.7 cm³/mol. The van der Waals surface area contributed by atoms with E-state index in [0.29, 0.717) is 13.2 Å². The first kappa shape index (κ1) is 17.5. The maximum absolute atomic E-state index is 11.6. The highest BCUT2D eigenvalue weighted by Gasteiger charge is 2.02. The van der Waals surface area contributed by atoms with Gasteiger partial charge in [0.15, 0.2) is 6.61 Å². The molecule has 1 aromatic rings. The Balaban J connectivity index is 2.05. The Morgan fingerprint density at radius 2 is 1.81 bits per heavy atom. The van der Waals surface area contributed by atoms with Crippen LogP contribution in [0, 0.1) is 0 Å². The van der Waals surface area contributed by atoms with Crippen LogP contribution in [0.1, 0.15) is 38.7 Å². The summed E-state index contributed by atoms with van der Waals surface area (Å²) in [6.45, 7) is 6.43. The van der Waals surface area contributed by atoms with Gasteiger partial charge in [-0.2, -0.15) is 0 Å². The van der Waals surface area contributed by atoms with Crippen LogP contribution in [0.25, 0.3) is 0 Å². The Labute approximate surface area is 127 Å². The second-order valence-electron chi connectivity index (χ2n) is 4.96. The monoisotopic (exact) mass is 293 g/mol. The van der Waals surface area contributed by atoms with E-state index in [1.165, 1.54) is 5.56 Å². The molecule has 0 radical (unpaired) electrons. The second kappa shape index (κ2) is 11.1. The fourth-order valence-corrected chi connectivity index (χ4v) is 1.77. The Kier molecular flexibility index (Phi) is 9.29. The molecule has 1 amide bonds. The average molecular weight is 293 g/mol. The fraction of sp³-hybridized carbons (Fsp3) is 0.588. The minimum Gasteiger partial charge on any atom is -0.484 e. The molecule has 21 heavy (non-hydrogen) atoms. The van der Waals surface area contributed by atoms with E-state index in [4.69, 9.17) is 9.47 Å². The topological polar surface area (TPSA) is 47.6 Å². The van der Waals surface area contributed by atoms with Gasteiger partial charge in [-0.3, -0.25) is 4.79 Å². The summed E-state index contributed by atoms with van der Waals surface area (Å²) in [4.78, 5) is 11.6. The molecule has 0 fully saturated rings. The molecule has 1 aromatic carbocycles. The van der Waals surface area contributed by atoms with E-state index in [1.807, 2.05) is 24.3 Å². The first-order valence-electron chi connectivity index (χ1n) is 7.82. The zero-order valence-electron chi connectivity index (χ0n) is 13.2. The molecule has 1 N–H and O–H groups in total. The number of ether oxygens (including phenoxy) is 2. The van der Waals surface area contributed by atoms with Crippen LogP contribution in [-0.2, 0) is 16.0 Å². The van der Waals surface area contributed by atoms with Crippen molar-refractivity contribution in [1.29, 1.82) is 0 Å². The molecule has 0 saturated heterocycles. The fourth-order valence-electron chi connectivity index (χ4n) is 1.77. The highest BCUT2D eigenvalue weighted by Crippen LogP contribution is 2.12. The van der Waals surface area contributed by atoms with E-state index < -0.39 is 0 Å². The SMILES string of the molecule is CCCCOCCCNC(=O)COc1ccc(CC)cc1. The number of unbranched alkanes of at least 4 members (excludes halogenated alkanes) is 1. The van der Waals surface area contributed by atoms with Gasteiger partial charge in [-0.15, -0.1) is 0 Å². The molecule has 4 nitrogen and oxygen atoms in total. The van der Waals surface area contributed by atoms with Gasteiger partial charge in [0.2, 0.25) is 0 Å². The number of aryl methyl sites for hydroxylation is 1. The summed E-state index contributed by atoms with van der Waals surface area (Å²) in [5.41, 5.74) is 1.26. The highest BCUT2D eigenvalue weighted by atomic mass is 16.5. The van der Waals surface area contributed by atoms with Crippen molar-refractivity contribution >= 4 is 5.91 Å². The summed E-state index contributed by atoms with van der Waals surface area (Å²) >= 11 is 0. The molecule has 0 unspecified atom stereocenters. The van der Waals surface area contributed by atoms with Gasteiger partial charge < -0.3 is 14.8 Å². The van der Waals surface area contributed by atoms with Crippen molar-refractivity contribution < 1.29 is 14.3 Å². The van der Waals surface area contributed by atoms with Crippen LogP contribution < -0.4 is 10.1 Å². The number of hydrogen-bond acceptors (Lipinski definition) is 3. The summed E-state index contributed by atoms with van der Waals surface area (Å²) < 4.78 is 10.9. The molecule has 4 heteroatoms. The average Bonchev–Trinajstić information content (AvgIpc) is 2.52. The second-order valence-corrected chi connectivity index (χ2v) is 4.96. The van der Waals surface area contributed by atoms with Crippen LogP contribution in [0.15, 0.2) is 24.3 Å². The van der Waals surface area contributed by atoms with E-state index >= 15 is 0 Å². The number of hydrogen-bond donors (Lipinski definition) is 1. The first-order valence-corrected chi connectivity index (χ1v) is 7.82. The van der Waals surface area contributed by atoms with E-state index in [-0.39, 0.29) is 12.5 Å². The zero-order valence-corrected chi connectivity index (χ0v) is 13.2. The van der Waals surface area contributed by atoms with Gasteiger partial charge in [-0.05, 0) is 37.0 Å². The molecule has 0 aliphatic rings. The molecule has 0 heterocycles. The summed E-state index contributed by atoms with van der Waals surface area (Å²) in [6.07, 6.45) is 4.08. The minimum atomic E-state index is -0.0943. The van der Waals surface area contributed by atoms with Gasteiger partial charge >= 0.3 is 0 Å². The number of nitrogens with one attached hydrogen (secondary N) is 1. The van der Waals surface area contributed by atoms with Crippen LogP contribution in [0.2, 0.25) is 0 Å². The maximum atomic E-state index is 11.6. The normalized spacial score (nSPS) is 10.4. The molecular weight excluding hydrogens is 266 g/mol. The van der Waals surface area contributed by atoms with Gasteiger partial charge in [0.25, 0.3) is 5.91 Å². The lowest BCUT2D eigenvalue weighted by atomic mass is 10.2. The van der Waals surface area contributed by atoms with E-state index in [0.717, 1.165) is 38.0 Å². The molecule has 1 rings (SSSR count). The third kappa shape index (κ3) is 8.35. The van der Waals surface area contributed by atoms with Crippen molar-refractivity contribution in [1.82, 2.24) is 5.32 Å². The molecule has 118 valence electrons. The van der Waals surface area contributed by atoms with Crippen molar-refractivity contribution in [3.8, 4) is 5.75 Å². The van der Waals surface area contributed by atoms with Crippen molar-refractivity contribution in [2.45, 2.75) is 39.5 Å². The molecule has 0 aromatic heterocycles. The Morgan fingerprint density at radius 3 is 2.48 bits per heavy atom. The summed E-state index contributed by atoms with van der Waals surface area (Å²) in [5.74, 6) is 0.633. The lowest BCUT2D eigenvalue weighted by Gasteiger charge is -2.08. The zero-order chi connectivity index (χ0) is 15.3. The quantitative estimate of drug-likeness (QED) is 0.638. The van der Waals surface area contributed by atoms with Gasteiger partial charge in [0.05, 0.1) is 0 Å². The standard InChI is InChI=1S/C17H27NO3/c1-3-5-12-20-13-6-11-18-17(19)14-21-16-9-7-15(4-2)8-10-16/h7-10H,3-6,11-14H2,1-2H3,(H,18,19). The lowest BCUT2D eigenvalue weighted by Crippen LogP contribution is -2.30. The molecule has 0 saturated carbocycles. The van der Waals surface area contributed by atoms with Gasteiger partial charge in [0, 0.05) is 19.8 Å². The molecule has 0 aliphatic heterocycles. The third-order valence-corrected chi connectivity index (χ3v) is 3.13. The number of carbonyl (C=O) groups excluding carboxylic acids is 1. The van der Waals surface area contributed by atoms with Crippen molar-refractivity contribution in [2.24, 2.45) is 0 Å². The Morgan fingerprint density at radius 1 is 1.10 bits per heavy atom. The van der Waals surface area contributed by atoms with Crippen molar-refractivity contribution in [2.75, 3.05) is 26.4 Å². The van der Waals surface area contributed by atoms with Crippen LogP contribution in [0.4, 0.5) is 0 Å². The van der Waals surface area contributed by atoms with Crippen LogP contribution in [-0.4, -0.2) is 32.3 Å². The third-order valence-electron chi connectivity index (χ3n) is 3.13. The summed E-state index contributed by atoms with van der Waals surface area (Å²) in [7, 11) is 0. The van der Waals surface area contributed by atoms with Gasteiger partial charge in [-0.25, -0.2) is 0 Å². The predicted octanol–water partition coefficient (Wildman–Crippen LogP) is 2.95. The molecule has 0 bridgehead atoms. The number of benzene rings is 1. The summed E-state index contributed by atoms with van der Waals surface area (Å²) in [6, 6.07) is 7.82. The largest absolute Gasteiger partial charge is 0.484 e. The minimum absolute atomic E-state index is 0.0577. The maximum Gasteiger partial charge on any atom is 0.257 e.